The van der Waals surface area contributed by atoms with Crippen LogP contribution in [0.1, 0.15) is 19.8 Å². The van der Waals surface area contributed by atoms with Gasteiger partial charge >= 0.3 is 0 Å². The maximum absolute atomic E-state index is 5.68. The number of hydrogen-bond acceptors (Lipinski definition) is 6. The SMILES string of the molecule is COc1c(N)nsc1NC(C)C1CCCO1. The van der Waals surface area contributed by atoms with Gasteiger partial charge in [-0.1, -0.05) is 0 Å². The molecule has 0 saturated carbocycles. The van der Waals surface area contributed by atoms with Crippen molar-refractivity contribution in [3.8, 4) is 5.75 Å². The average molecular weight is 243 g/mol. The molecular formula is C10H17N3O2S. The lowest BCUT2D eigenvalue weighted by Crippen LogP contribution is -2.29. The van der Waals surface area contributed by atoms with Crippen molar-refractivity contribution >= 4 is 22.4 Å². The number of anilines is 2. The van der Waals surface area contributed by atoms with Crippen LogP contribution in [0.3, 0.4) is 0 Å². The van der Waals surface area contributed by atoms with Gasteiger partial charge in [-0.05, 0) is 31.3 Å². The minimum absolute atomic E-state index is 0.247. The topological polar surface area (TPSA) is 69.4 Å². The molecule has 1 aliphatic rings. The molecule has 1 aromatic rings. The Hall–Kier alpha value is -1.01. The summed E-state index contributed by atoms with van der Waals surface area (Å²) >= 11 is 1.32. The first-order valence-electron chi connectivity index (χ1n) is 5.39. The molecule has 6 heteroatoms. The summed E-state index contributed by atoms with van der Waals surface area (Å²) < 4.78 is 14.9. The van der Waals surface area contributed by atoms with E-state index in [4.69, 9.17) is 15.2 Å². The molecule has 1 aliphatic heterocycles. The van der Waals surface area contributed by atoms with Gasteiger partial charge in [0.05, 0.1) is 19.3 Å². The lowest BCUT2D eigenvalue weighted by molar-refractivity contribution is 0.0997. The summed E-state index contributed by atoms with van der Waals surface area (Å²) in [6, 6.07) is 0.247. The first-order chi connectivity index (χ1) is 7.72. The maximum atomic E-state index is 5.68. The molecule has 3 N–H and O–H groups in total. The second kappa shape index (κ2) is 4.88. The fourth-order valence-corrected chi connectivity index (χ4v) is 2.66. The van der Waals surface area contributed by atoms with Crippen LogP contribution in [0.25, 0.3) is 0 Å². The van der Waals surface area contributed by atoms with E-state index >= 15 is 0 Å². The molecule has 0 aliphatic carbocycles. The lowest BCUT2D eigenvalue weighted by Gasteiger charge is -2.20. The highest BCUT2D eigenvalue weighted by atomic mass is 32.1. The molecule has 5 nitrogen and oxygen atoms in total. The average Bonchev–Trinajstić information content (AvgIpc) is 2.88. The van der Waals surface area contributed by atoms with Crippen LogP contribution in [0.4, 0.5) is 10.8 Å². The van der Waals surface area contributed by atoms with Crippen LogP contribution >= 0.6 is 11.5 Å². The van der Waals surface area contributed by atoms with E-state index in [0.29, 0.717) is 11.6 Å². The molecule has 0 amide bonds. The number of nitrogens with two attached hydrogens (primary N) is 1. The Labute approximate surface area is 99.1 Å². The molecule has 90 valence electrons. The van der Waals surface area contributed by atoms with Crippen molar-refractivity contribution in [3.63, 3.8) is 0 Å². The van der Waals surface area contributed by atoms with E-state index in [1.54, 1.807) is 7.11 Å². The molecule has 0 spiro atoms. The molecule has 0 bridgehead atoms. The van der Waals surface area contributed by atoms with Gasteiger partial charge in [0.2, 0.25) is 0 Å². The molecule has 0 aromatic carbocycles. The normalized spacial score (nSPS) is 22.0. The van der Waals surface area contributed by atoms with E-state index in [1.807, 2.05) is 0 Å². The standard InChI is InChI=1S/C10H17N3O2S/c1-6(7-4-3-5-15-7)12-10-8(14-2)9(11)13-16-10/h6-7,12H,3-5H2,1-2H3,(H2,11,13). The third-order valence-electron chi connectivity index (χ3n) is 2.76. The molecular weight excluding hydrogens is 226 g/mol. The summed E-state index contributed by atoms with van der Waals surface area (Å²) in [5.74, 6) is 1.07. The minimum Gasteiger partial charge on any atom is -0.490 e. The highest BCUT2D eigenvalue weighted by Crippen LogP contribution is 2.35. The fourth-order valence-electron chi connectivity index (χ4n) is 1.88. The molecule has 1 aromatic heterocycles. The minimum atomic E-state index is 0.247. The van der Waals surface area contributed by atoms with Crippen molar-refractivity contribution in [2.75, 3.05) is 24.8 Å². The summed E-state index contributed by atoms with van der Waals surface area (Å²) in [5, 5.41) is 4.23. The lowest BCUT2D eigenvalue weighted by atomic mass is 10.1. The quantitative estimate of drug-likeness (QED) is 0.842. The van der Waals surface area contributed by atoms with Gasteiger partial charge in [0.25, 0.3) is 0 Å². The van der Waals surface area contributed by atoms with Crippen molar-refractivity contribution in [1.82, 2.24) is 4.37 Å². The number of rotatable bonds is 4. The van der Waals surface area contributed by atoms with E-state index in [9.17, 15) is 0 Å². The van der Waals surface area contributed by atoms with E-state index in [-0.39, 0.29) is 12.1 Å². The Morgan fingerprint density at radius 3 is 3.12 bits per heavy atom. The van der Waals surface area contributed by atoms with Crippen molar-refractivity contribution in [2.24, 2.45) is 0 Å². The zero-order valence-corrected chi connectivity index (χ0v) is 10.3. The van der Waals surface area contributed by atoms with Crippen LogP contribution < -0.4 is 15.8 Å². The van der Waals surface area contributed by atoms with Gasteiger partial charge in [-0.2, -0.15) is 4.37 Å². The van der Waals surface area contributed by atoms with Crippen LogP contribution in [0.2, 0.25) is 0 Å². The Bertz CT molecular complexity index is 350. The van der Waals surface area contributed by atoms with Crippen molar-refractivity contribution in [2.45, 2.75) is 31.9 Å². The first-order valence-corrected chi connectivity index (χ1v) is 6.17. The van der Waals surface area contributed by atoms with E-state index in [2.05, 4.69) is 16.6 Å². The first kappa shape index (κ1) is 11.5. The van der Waals surface area contributed by atoms with Gasteiger partial charge < -0.3 is 20.5 Å². The Morgan fingerprint density at radius 1 is 1.69 bits per heavy atom. The van der Waals surface area contributed by atoms with Gasteiger partial charge in [0.1, 0.15) is 0 Å². The van der Waals surface area contributed by atoms with Crippen LogP contribution in [-0.2, 0) is 4.74 Å². The summed E-state index contributed by atoms with van der Waals surface area (Å²) in [4.78, 5) is 0. The third-order valence-corrected chi connectivity index (χ3v) is 3.53. The number of nitrogens with one attached hydrogen (secondary N) is 1. The molecule has 1 saturated heterocycles. The summed E-state index contributed by atoms with van der Waals surface area (Å²) in [6.45, 7) is 2.96. The maximum Gasteiger partial charge on any atom is 0.197 e. The van der Waals surface area contributed by atoms with Gasteiger partial charge in [0.15, 0.2) is 16.6 Å². The summed E-state index contributed by atoms with van der Waals surface area (Å²) in [7, 11) is 1.60. The molecule has 16 heavy (non-hydrogen) atoms. The fraction of sp³-hybridized carbons (Fsp3) is 0.700. The van der Waals surface area contributed by atoms with Crippen molar-refractivity contribution < 1.29 is 9.47 Å². The highest BCUT2D eigenvalue weighted by Gasteiger charge is 2.24. The van der Waals surface area contributed by atoms with Gasteiger partial charge in [-0.3, -0.25) is 0 Å². The number of ether oxygens (including phenoxy) is 2. The van der Waals surface area contributed by atoms with Crippen LogP contribution in [0.15, 0.2) is 0 Å². The number of hydrogen-bond donors (Lipinski definition) is 2. The summed E-state index contributed by atoms with van der Waals surface area (Å²) in [5.41, 5.74) is 5.68. The molecule has 1 fully saturated rings. The predicted octanol–water partition coefficient (Wildman–Crippen LogP) is 1.71. The number of nitrogens with zero attached hydrogens (tertiary/aromatic N) is 1. The highest BCUT2D eigenvalue weighted by molar-refractivity contribution is 7.11. The van der Waals surface area contributed by atoms with Crippen molar-refractivity contribution in [1.29, 1.82) is 0 Å². The Kier molecular flexibility index (Phi) is 3.50. The van der Waals surface area contributed by atoms with Crippen LogP contribution in [0, 0.1) is 0 Å². The van der Waals surface area contributed by atoms with Crippen molar-refractivity contribution in [3.05, 3.63) is 0 Å². The van der Waals surface area contributed by atoms with Crippen LogP contribution in [0.5, 0.6) is 5.75 Å². The number of nitrogen functional groups attached to an aromatic ring is 1. The van der Waals surface area contributed by atoms with E-state index in [1.165, 1.54) is 11.5 Å². The third kappa shape index (κ3) is 2.22. The van der Waals surface area contributed by atoms with E-state index in [0.717, 1.165) is 24.4 Å². The second-order valence-electron chi connectivity index (χ2n) is 3.91. The zero-order valence-electron chi connectivity index (χ0n) is 9.53. The molecule has 0 radical (unpaired) electrons. The molecule has 2 rings (SSSR count). The molecule has 2 heterocycles. The largest absolute Gasteiger partial charge is 0.490 e. The van der Waals surface area contributed by atoms with Gasteiger partial charge in [-0.15, -0.1) is 0 Å². The Morgan fingerprint density at radius 2 is 2.50 bits per heavy atom. The molecule has 2 unspecified atom stereocenters. The number of methoxy groups -OCH3 is 1. The predicted molar refractivity (Wildman–Crippen MR) is 65.1 cm³/mol. The molecule has 2 atom stereocenters. The van der Waals surface area contributed by atoms with Gasteiger partial charge in [-0.25, -0.2) is 0 Å². The second-order valence-corrected chi connectivity index (χ2v) is 4.69. The monoisotopic (exact) mass is 243 g/mol. The Balaban J connectivity index is 2.02. The van der Waals surface area contributed by atoms with Crippen LogP contribution in [-0.4, -0.2) is 30.2 Å². The van der Waals surface area contributed by atoms with E-state index < -0.39 is 0 Å². The smallest absolute Gasteiger partial charge is 0.197 e. The van der Waals surface area contributed by atoms with Gasteiger partial charge in [0, 0.05) is 6.61 Å². The zero-order chi connectivity index (χ0) is 11.5. The summed E-state index contributed by atoms with van der Waals surface area (Å²) in [6.07, 6.45) is 2.51. The number of aromatic nitrogens is 1.